The van der Waals surface area contributed by atoms with Crippen molar-refractivity contribution in [2.75, 3.05) is 39.2 Å². The molecule has 43 heavy (non-hydrogen) atoms. The van der Waals surface area contributed by atoms with Crippen LogP contribution in [0.5, 0.6) is 0 Å². The number of hydrogen-bond acceptors (Lipinski definition) is 9. The van der Waals surface area contributed by atoms with Gasteiger partial charge in [0.25, 0.3) is 0 Å². The zero-order valence-corrected chi connectivity index (χ0v) is 25.0. The van der Waals surface area contributed by atoms with Crippen LogP contribution in [0.1, 0.15) is 36.0 Å². The topological polar surface area (TPSA) is 210 Å². The van der Waals surface area contributed by atoms with E-state index in [0.717, 1.165) is 5.56 Å². The van der Waals surface area contributed by atoms with E-state index in [0.29, 0.717) is 24.0 Å². The normalized spacial score (nSPS) is 12.5. The molecule has 0 saturated carbocycles. The van der Waals surface area contributed by atoms with Crippen LogP contribution in [0.2, 0.25) is 0 Å². The van der Waals surface area contributed by atoms with Gasteiger partial charge in [-0.05, 0) is 30.4 Å². The first-order chi connectivity index (χ1) is 20.5. The SMILES string of the molecule is COCCOC(=O)NCCCCC(NC(=O)C(CO)CS(=O)(=O)Cc1ccccc1)C(=O)NCc1ccc(C(=N)N)cc1. The summed E-state index contributed by atoms with van der Waals surface area (Å²) >= 11 is 0. The second kappa shape index (κ2) is 18.5. The van der Waals surface area contributed by atoms with Crippen molar-refractivity contribution in [2.45, 2.75) is 37.6 Å². The Kier molecular flexibility index (Phi) is 15.1. The van der Waals surface area contributed by atoms with Gasteiger partial charge in [0, 0.05) is 25.8 Å². The molecule has 7 N–H and O–H groups in total. The van der Waals surface area contributed by atoms with Gasteiger partial charge in [0.05, 0.1) is 30.6 Å². The van der Waals surface area contributed by atoms with Gasteiger partial charge in [-0.25, -0.2) is 13.2 Å². The third-order valence-electron chi connectivity index (χ3n) is 6.35. The van der Waals surface area contributed by atoms with Gasteiger partial charge < -0.3 is 36.3 Å². The molecule has 2 aromatic rings. The number of unbranched alkanes of at least 4 members (excludes halogenated alkanes) is 1. The Morgan fingerprint density at radius 1 is 0.953 bits per heavy atom. The van der Waals surface area contributed by atoms with E-state index < -0.39 is 52.1 Å². The number of nitrogens with two attached hydrogens (primary N) is 1. The maximum atomic E-state index is 13.1. The van der Waals surface area contributed by atoms with Crippen LogP contribution in [0.15, 0.2) is 54.6 Å². The number of carbonyl (C=O) groups is 3. The number of sulfone groups is 1. The molecule has 2 unspecified atom stereocenters. The van der Waals surface area contributed by atoms with Crippen LogP contribution >= 0.6 is 0 Å². The number of ether oxygens (including phenoxy) is 2. The quantitative estimate of drug-likeness (QED) is 0.0746. The zero-order chi connectivity index (χ0) is 31.7. The molecule has 2 rings (SSSR count). The fraction of sp³-hybridized carbons (Fsp3) is 0.448. The van der Waals surface area contributed by atoms with Gasteiger partial charge in [0.2, 0.25) is 11.8 Å². The Morgan fingerprint density at radius 2 is 1.65 bits per heavy atom. The summed E-state index contributed by atoms with van der Waals surface area (Å²) in [6.07, 6.45) is 0.495. The molecule has 2 aromatic carbocycles. The van der Waals surface area contributed by atoms with Crippen molar-refractivity contribution in [2.24, 2.45) is 11.7 Å². The maximum Gasteiger partial charge on any atom is 0.407 e. The van der Waals surface area contributed by atoms with Crippen LogP contribution in [0, 0.1) is 11.3 Å². The zero-order valence-electron chi connectivity index (χ0n) is 24.2. The molecular formula is C29H41N5O8S. The minimum absolute atomic E-state index is 0.0830. The number of nitrogen functional groups attached to an aromatic ring is 1. The van der Waals surface area contributed by atoms with E-state index in [1.54, 1.807) is 54.6 Å². The van der Waals surface area contributed by atoms with E-state index >= 15 is 0 Å². The van der Waals surface area contributed by atoms with Gasteiger partial charge in [0.1, 0.15) is 18.5 Å². The number of rotatable bonds is 19. The molecular weight excluding hydrogens is 578 g/mol. The number of amides is 3. The highest BCUT2D eigenvalue weighted by Crippen LogP contribution is 2.12. The Morgan fingerprint density at radius 3 is 2.28 bits per heavy atom. The molecule has 0 saturated heterocycles. The van der Waals surface area contributed by atoms with E-state index in [1.165, 1.54) is 7.11 Å². The van der Waals surface area contributed by atoms with Crippen LogP contribution in [0.25, 0.3) is 0 Å². The molecule has 3 amide bonds. The lowest BCUT2D eigenvalue weighted by Crippen LogP contribution is -2.49. The summed E-state index contributed by atoms with van der Waals surface area (Å²) in [5.74, 6) is -3.49. The van der Waals surface area contributed by atoms with Crippen molar-refractivity contribution >= 4 is 33.6 Å². The minimum Gasteiger partial charge on any atom is -0.447 e. The Hall–Kier alpha value is -4.01. The third-order valence-corrected chi connectivity index (χ3v) is 8.03. The van der Waals surface area contributed by atoms with Crippen molar-refractivity contribution < 1.29 is 37.4 Å². The van der Waals surface area contributed by atoms with Crippen molar-refractivity contribution in [3.8, 4) is 0 Å². The first-order valence-corrected chi connectivity index (χ1v) is 15.6. The van der Waals surface area contributed by atoms with Crippen LogP contribution < -0.4 is 21.7 Å². The summed E-state index contributed by atoms with van der Waals surface area (Å²) in [6.45, 7) is 0.0703. The standard InChI is InChI=1S/C29H41N5O8S/c1-41-15-16-42-29(38)32-14-6-5-9-25(28(37)33-17-21-10-12-23(13-11-21)26(30)31)34-27(36)24(18-35)20-43(39,40)19-22-7-3-2-4-8-22/h2-4,7-8,10-13,24-25,35H,5-6,9,14-20H2,1H3,(H3,30,31)(H,32,38)(H,33,37)(H,34,36). The monoisotopic (exact) mass is 619 g/mol. The maximum absolute atomic E-state index is 13.1. The Labute approximate surface area is 251 Å². The number of amidine groups is 1. The predicted octanol–water partition coefficient (Wildman–Crippen LogP) is 0.838. The minimum atomic E-state index is -3.75. The van der Waals surface area contributed by atoms with Crippen LogP contribution in [0.4, 0.5) is 4.79 Å². The van der Waals surface area contributed by atoms with Gasteiger partial charge in [-0.3, -0.25) is 15.0 Å². The van der Waals surface area contributed by atoms with Gasteiger partial charge in [0.15, 0.2) is 9.84 Å². The number of carbonyl (C=O) groups excluding carboxylic acids is 3. The molecule has 0 aliphatic carbocycles. The lowest BCUT2D eigenvalue weighted by atomic mass is 10.1. The van der Waals surface area contributed by atoms with Crippen LogP contribution in [-0.4, -0.2) is 82.5 Å². The molecule has 236 valence electrons. The van der Waals surface area contributed by atoms with E-state index in [-0.39, 0.29) is 44.3 Å². The third kappa shape index (κ3) is 13.7. The number of alkyl carbamates (subject to hydrolysis) is 1. The fourth-order valence-corrected chi connectivity index (χ4v) is 5.70. The summed E-state index contributed by atoms with van der Waals surface area (Å²) in [5, 5.41) is 25.3. The highest BCUT2D eigenvalue weighted by Gasteiger charge is 2.29. The fourth-order valence-electron chi connectivity index (χ4n) is 4.01. The molecule has 0 bridgehead atoms. The number of aliphatic hydroxyl groups is 1. The van der Waals surface area contributed by atoms with Crippen molar-refractivity contribution in [3.05, 3.63) is 71.3 Å². The van der Waals surface area contributed by atoms with Crippen LogP contribution in [0.3, 0.4) is 0 Å². The van der Waals surface area contributed by atoms with Gasteiger partial charge in [-0.2, -0.15) is 0 Å². The number of benzene rings is 2. The summed E-state index contributed by atoms with van der Waals surface area (Å²) in [6, 6.07) is 14.2. The number of hydrogen-bond donors (Lipinski definition) is 6. The average molecular weight is 620 g/mol. The Bertz CT molecular complexity index is 1290. The number of methoxy groups -OCH3 is 1. The lowest BCUT2D eigenvalue weighted by molar-refractivity contribution is -0.131. The highest BCUT2D eigenvalue weighted by atomic mass is 32.2. The van der Waals surface area contributed by atoms with Crippen molar-refractivity contribution in [1.82, 2.24) is 16.0 Å². The second-order valence-electron chi connectivity index (χ2n) is 9.86. The van der Waals surface area contributed by atoms with E-state index in [2.05, 4.69) is 16.0 Å². The van der Waals surface area contributed by atoms with E-state index in [9.17, 15) is 27.9 Å². The smallest absolute Gasteiger partial charge is 0.407 e. The molecule has 0 fully saturated rings. The molecule has 0 heterocycles. The second-order valence-corrected chi connectivity index (χ2v) is 12.0. The summed E-state index contributed by atoms with van der Waals surface area (Å²) < 4.78 is 35.3. The van der Waals surface area contributed by atoms with Crippen LogP contribution in [-0.2, 0) is 41.2 Å². The van der Waals surface area contributed by atoms with Crippen molar-refractivity contribution in [1.29, 1.82) is 5.41 Å². The molecule has 2 atom stereocenters. The molecule has 0 aliphatic rings. The molecule has 0 aromatic heterocycles. The largest absolute Gasteiger partial charge is 0.447 e. The molecule has 13 nitrogen and oxygen atoms in total. The number of nitrogens with one attached hydrogen (secondary N) is 4. The molecule has 0 spiro atoms. The predicted molar refractivity (Wildman–Crippen MR) is 161 cm³/mol. The average Bonchev–Trinajstić information content (AvgIpc) is 2.98. The Balaban J connectivity index is 2.01. The molecule has 14 heteroatoms. The van der Waals surface area contributed by atoms with Gasteiger partial charge in [-0.1, -0.05) is 54.6 Å². The van der Waals surface area contributed by atoms with E-state index in [1.807, 2.05) is 0 Å². The summed E-state index contributed by atoms with van der Waals surface area (Å²) in [4.78, 5) is 37.9. The highest BCUT2D eigenvalue weighted by molar-refractivity contribution is 7.90. The van der Waals surface area contributed by atoms with Gasteiger partial charge in [-0.15, -0.1) is 0 Å². The first kappa shape index (κ1) is 35.2. The summed E-state index contributed by atoms with van der Waals surface area (Å²) in [5.41, 5.74) is 7.31. The molecule has 0 radical (unpaired) electrons. The lowest BCUT2D eigenvalue weighted by Gasteiger charge is -2.22. The first-order valence-electron chi connectivity index (χ1n) is 13.8. The van der Waals surface area contributed by atoms with Crippen molar-refractivity contribution in [3.63, 3.8) is 0 Å². The van der Waals surface area contributed by atoms with E-state index in [4.69, 9.17) is 20.6 Å². The van der Waals surface area contributed by atoms with Gasteiger partial charge >= 0.3 is 6.09 Å². The number of aliphatic hydroxyl groups excluding tert-OH is 1. The summed E-state index contributed by atoms with van der Waals surface area (Å²) in [7, 11) is -2.26. The molecule has 0 aliphatic heterocycles.